The lowest BCUT2D eigenvalue weighted by Crippen LogP contribution is -2.25. The summed E-state index contributed by atoms with van der Waals surface area (Å²) in [6.07, 6.45) is -5.84. The predicted molar refractivity (Wildman–Crippen MR) is 51.5 cm³/mol. The Kier molecular flexibility index (Phi) is 6.22. The van der Waals surface area contributed by atoms with E-state index >= 15 is 0 Å². The maximum atomic E-state index is 11.9. The summed E-state index contributed by atoms with van der Waals surface area (Å²) in [7, 11) is -2.31. The molecule has 96 valence electrons. The second-order valence-corrected chi connectivity index (χ2v) is 4.46. The lowest BCUT2D eigenvalue weighted by Gasteiger charge is -2.20. The molecule has 0 aromatic rings. The summed E-state index contributed by atoms with van der Waals surface area (Å²) >= 11 is 0. The van der Waals surface area contributed by atoms with Crippen molar-refractivity contribution in [2.75, 3.05) is 0 Å². The lowest BCUT2D eigenvalue weighted by molar-refractivity contribution is -0.191. The molecule has 0 aromatic heterocycles. The summed E-state index contributed by atoms with van der Waals surface area (Å²) in [6, 6.07) is 0. The monoisotopic (exact) mass is 262 g/mol. The van der Waals surface area contributed by atoms with Gasteiger partial charge >= 0.3 is 20.7 Å². The van der Waals surface area contributed by atoms with Crippen molar-refractivity contribution in [2.45, 2.75) is 46.1 Å². The number of hydrogen-bond donors (Lipinski definition) is 0. The number of rotatable bonds is 5. The third-order valence-electron chi connectivity index (χ3n) is 0.983. The van der Waals surface area contributed by atoms with Gasteiger partial charge in [0.15, 0.2) is 0 Å². The molecule has 0 aliphatic carbocycles. The van der Waals surface area contributed by atoms with E-state index in [0.29, 0.717) is 0 Å². The van der Waals surface area contributed by atoms with E-state index in [9.17, 15) is 18.0 Å². The molecule has 8 heteroatoms. The van der Waals surface area contributed by atoms with E-state index in [1.54, 1.807) is 27.7 Å². The number of alkyl halides is 3. The number of halogens is 3. The Labute approximate surface area is 93.1 Å². The average Bonchev–Trinajstić information content (AvgIpc) is 1.98. The summed E-state index contributed by atoms with van der Waals surface area (Å²) in [5.41, 5.74) is 0. The zero-order valence-electron chi connectivity index (χ0n) is 9.37. The molecule has 0 amide bonds. The van der Waals surface area contributed by atoms with Gasteiger partial charge < -0.3 is 4.52 Å². The van der Waals surface area contributed by atoms with Crippen LogP contribution in [0.2, 0.25) is 0 Å². The van der Waals surface area contributed by atoms with Crippen LogP contribution in [0.4, 0.5) is 13.2 Å². The first kappa shape index (κ1) is 15.6. The second-order valence-electron chi connectivity index (χ2n) is 3.41. The zero-order valence-corrected chi connectivity index (χ0v) is 10.3. The molecule has 0 atom stereocenters. The molecule has 4 nitrogen and oxygen atoms in total. The Bertz CT molecular complexity index is 220. The van der Waals surface area contributed by atoms with Gasteiger partial charge in [0.2, 0.25) is 0 Å². The Morgan fingerprint density at radius 1 is 1.06 bits per heavy atom. The Hall–Kier alpha value is -0.390. The first-order chi connectivity index (χ1) is 7.12. The zero-order chi connectivity index (χ0) is 12.9. The van der Waals surface area contributed by atoms with E-state index in [0.717, 1.165) is 0 Å². The van der Waals surface area contributed by atoms with Crippen molar-refractivity contribution in [2.24, 2.45) is 0 Å². The summed E-state index contributed by atoms with van der Waals surface area (Å²) in [5, 5.41) is 0. The van der Waals surface area contributed by atoms with Gasteiger partial charge in [-0.25, -0.2) is 4.79 Å². The molecule has 0 fully saturated rings. The van der Waals surface area contributed by atoms with Crippen LogP contribution in [0.5, 0.6) is 0 Å². The van der Waals surface area contributed by atoms with Gasteiger partial charge in [-0.05, 0) is 27.7 Å². The van der Waals surface area contributed by atoms with E-state index in [1.807, 2.05) is 0 Å². The van der Waals surface area contributed by atoms with E-state index in [1.165, 1.54) is 0 Å². The molecular weight excluding hydrogens is 248 g/mol. The van der Waals surface area contributed by atoms with Gasteiger partial charge in [-0.1, -0.05) is 0 Å². The van der Waals surface area contributed by atoms with Crippen LogP contribution in [-0.4, -0.2) is 24.4 Å². The predicted octanol–water partition coefficient (Wildman–Crippen LogP) is 3.17. The van der Waals surface area contributed by atoms with Gasteiger partial charge in [-0.2, -0.15) is 13.2 Å². The van der Waals surface area contributed by atoms with Crippen molar-refractivity contribution in [3.63, 3.8) is 0 Å². The molecule has 0 unspecified atom stereocenters. The van der Waals surface area contributed by atoms with Gasteiger partial charge in [0.1, 0.15) is 0 Å². The highest BCUT2D eigenvalue weighted by molar-refractivity contribution is 7.42. The maximum Gasteiger partial charge on any atom is 0.491 e. The smallest absolute Gasteiger partial charge is 0.387 e. The quantitative estimate of drug-likeness (QED) is 0.714. The van der Waals surface area contributed by atoms with E-state index in [-0.39, 0.29) is 0 Å². The molecule has 0 spiro atoms. The minimum Gasteiger partial charge on any atom is -0.387 e. The van der Waals surface area contributed by atoms with E-state index in [2.05, 4.69) is 4.52 Å². The molecule has 0 N–H and O–H groups in total. The molecule has 0 aromatic carbocycles. The van der Waals surface area contributed by atoms with Crippen molar-refractivity contribution < 1.29 is 31.5 Å². The standard InChI is InChI=1S/C8H14F3O4P/c1-5(2)13-16(14-6(3)4)15-7(12)8(9,10)11/h5-6H,1-4H3. The fourth-order valence-electron chi connectivity index (χ4n) is 0.532. The Balaban J connectivity index is 4.36. The third-order valence-corrected chi connectivity index (χ3v) is 2.49. The van der Waals surface area contributed by atoms with Crippen LogP contribution < -0.4 is 0 Å². The van der Waals surface area contributed by atoms with Crippen LogP contribution in [0.1, 0.15) is 27.7 Å². The maximum absolute atomic E-state index is 11.9. The number of hydrogen-bond acceptors (Lipinski definition) is 4. The molecule has 0 rings (SSSR count). The van der Waals surface area contributed by atoms with Crippen LogP contribution in [0.25, 0.3) is 0 Å². The van der Waals surface area contributed by atoms with Gasteiger partial charge in [0.25, 0.3) is 0 Å². The molecule has 0 saturated carbocycles. The van der Waals surface area contributed by atoms with Crippen molar-refractivity contribution in [1.29, 1.82) is 0 Å². The molecule has 0 aliphatic heterocycles. The van der Waals surface area contributed by atoms with E-state index < -0.39 is 33.0 Å². The molecule has 0 radical (unpaired) electrons. The molecule has 16 heavy (non-hydrogen) atoms. The summed E-state index contributed by atoms with van der Waals surface area (Å²) < 4.78 is 49.7. The summed E-state index contributed by atoms with van der Waals surface area (Å²) in [5.74, 6) is -2.31. The van der Waals surface area contributed by atoms with Gasteiger partial charge in [-0.15, -0.1) is 0 Å². The highest BCUT2D eigenvalue weighted by atomic mass is 31.2. The van der Waals surface area contributed by atoms with Crippen molar-refractivity contribution >= 4 is 14.6 Å². The molecule has 0 aliphatic rings. The normalized spacial score (nSPS) is 12.6. The van der Waals surface area contributed by atoms with Crippen LogP contribution >= 0.6 is 8.60 Å². The minimum absolute atomic E-state index is 0.397. The molecule has 0 bridgehead atoms. The van der Waals surface area contributed by atoms with Crippen LogP contribution in [0, 0.1) is 0 Å². The average molecular weight is 262 g/mol. The molecule has 0 heterocycles. The fourth-order valence-corrected chi connectivity index (χ4v) is 1.59. The number of carbonyl (C=O) groups excluding carboxylic acids is 1. The SMILES string of the molecule is CC(C)OP(OC(=O)C(F)(F)F)OC(C)C. The van der Waals surface area contributed by atoms with Gasteiger partial charge in [0, 0.05) is 0 Å². The van der Waals surface area contributed by atoms with Gasteiger partial charge in [0.05, 0.1) is 12.2 Å². The topological polar surface area (TPSA) is 44.8 Å². The van der Waals surface area contributed by atoms with E-state index in [4.69, 9.17) is 9.05 Å². The van der Waals surface area contributed by atoms with Crippen LogP contribution in [0.15, 0.2) is 0 Å². The first-order valence-corrected chi connectivity index (χ1v) is 5.65. The van der Waals surface area contributed by atoms with Crippen molar-refractivity contribution in [3.05, 3.63) is 0 Å². The molecular formula is C8H14F3O4P. The van der Waals surface area contributed by atoms with Gasteiger partial charge in [-0.3, -0.25) is 9.05 Å². The first-order valence-electron chi connectivity index (χ1n) is 4.55. The Morgan fingerprint density at radius 2 is 1.44 bits per heavy atom. The second kappa shape index (κ2) is 6.37. The number of carbonyl (C=O) groups is 1. The van der Waals surface area contributed by atoms with Crippen LogP contribution in [-0.2, 0) is 18.4 Å². The highest BCUT2D eigenvalue weighted by Crippen LogP contribution is 2.44. The molecule has 0 saturated heterocycles. The highest BCUT2D eigenvalue weighted by Gasteiger charge is 2.43. The largest absolute Gasteiger partial charge is 0.491 e. The Morgan fingerprint density at radius 3 is 1.69 bits per heavy atom. The fraction of sp³-hybridized carbons (Fsp3) is 0.875. The minimum atomic E-state index is -5.04. The van der Waals surface area contributed by atoms with Crippen LogP contribution in [0.3, 0.4) is 0 Å². The van der Waals surface area contributed by atoms with Crippen molar-refractivity contribution in [1.82, 2.24) is 0 Å². The third kappa shape index (κ3) is 6.98. The van der Waals surface area contributed by atoms with Crippen molar-refractivity contribution in [3.8, 4) is 0 Å². The summed E-state index contributed by atoms with van der Waals surface area (Å²) in [4.78, 5) is 10.5. The summed E-state index contributed by atoms with van der Waals surface area (Å²) in [6.45, 7) is 6.39. The lowest BCUT2D eigenvalue weighted by atomic mass is 10.5.